The zero-order valence-corrected chi connectivity index (χ0v) is 25.2. The van der Waals surface area contributed by atoms with Gasteiger partial charge in [0, 0.05) is 33.5 Å². The lowest BCUT2D eigenvalue weighted by Gasteiger charge is -2.14. The van der Waals surface area contributed by atoms with Gasteiger partial charge in [-0.1, -0.05) is 35.9 Å². The molecule has 0 radical (unpaired) electrons. The monoisotopic (exact) mass is 595 g/mol. The van der Waals surface area contributed by atoms with Gasteiger partial charge in [0.05, 0.1) is 19.5 Å². The number of methoxy groups -OCH3 is 2. The highest BCUT2D eigenvalue weighted by molar-refractivity contribution is 8.00. The molecule has 0 saturated carbocycles. The molecule has 9 heteroatoms. The second-order valence-corrected chi connectivity index (χ2v) is 11.0. The molecule has 3 amide bonds. The second-order valence-electron chi connectivity index (χ2n) is 9.58. The van der Waals surface area contributed by atoms with Crippen LogP contribution in [0.4, 0.5) is 11.4 Å². The fourth-order valence-electron chi connectivity index (χ4n) is 3.99. The number of thioether (sulfide) groups is 1. The van der Waals surface area contributed by atoms with E-state index >= 15 is 0 Å². The maximum Gasteiger partial charge on any atom is 0.272 e. The summed E-state index contributed by atoms with van der Waals surface area (Å²) >= 11 is 1.41. The van der Waals surface area contributed by atoms with E-state index in [2.05, 4.69) is 16.0 Å². The van der Waals surface area contributed by atoms with E-state index in [4.69, 9.17) is 9.47 Å². The van der Waals surface area contributed by atoms with Crippen LogP contribution in [0.1, 0.15) is 28.4 Å². The van der Waals surface area contributed by atoms with Gasteiger partial charge >= 0.3 is 0 Å². The molecule has 4 rings (SSSR count). The molecule has 0 heterocycles. The number of anilines is 2. The first-order valence-electron chi connectivity index (χ1n) is 13.5. The van der Waals surface area contributed by atoms with Gasteiger partial charge < -0.3 is 25.4 Å². The summed E-state index contributed by atoms with van der Waals surface area (Å²) in [6.45, 7) is 3.83. The first-order chi connectivity index (χ1) is 20.7. The van der Waals surface area contributed by atoms with Gasteiger partial charge in [-0.3, -0.25) is 14.4 Å². The molecule has 1 atom stereocenters. The van der Waals surface area contributed by atoms with Crippen molar-refractivity contribution >= 4 is 46.9 Å². The number of hydrogen-bond donors (Lipinski definition) is 3. The molecule has 0 fully saturated rings. The zero-order chi connectivity index (χ0) is 30.8. The molecule has 4 aromatic rings. The fraction of sp³-hybridized carbons (Fsp3) is 0.147. The van der Waals surface area contributed by atoms with Crippen LogP contribution < -0.4 is 25.4 Å². The van der Waals surface area contributed by atoms with Gasteiger partial charge in [0.2, 0.25) is 5.91 Å². The molecule has 8 nitrogen and oxygen atoms in total. The summed E-state index contributed by atoms with van der Waals surface area (Å²) in [5.41, 5.74) is 3.40. The molecule has 0 aliphatic carbocycles. The van der Waals surface area contributed by atoms with E-state index < -0.39 is 11.8 Å². The molecule has 0 aliphatic heterocycles. The Labute approximate surface area is 255 Å². The number of benzene rings is 4. The third kappa shape index (κ3) is 8.73. The summed E-state index contributed by atoms with van der Waals surface area (Å²) in [6.07, 6.45) is 1.55. The summed E-state index contributed by atoms with van der Waals surface area (Å²) in [5.74, 6) is 0.00501. The van der Waals surface area contributed by atoms with Crippen molar-refractivity contribution in [1.29, 1.82) is 0 Å². The van der Waals surface area contributed by atoms with E-state index in [0.717, 1.165) is 16.1 Å². The summed E-state index contributed by atoms with van der Waals surface area (Å²) < 4.78 is 10.7. The number of ether oxygens (including phenoxy) is 2. The minimum atomic E-state index is -0.520. The van der Waals surface area contributed by atoms with Gasteiger partial charge in [0.25, 0.3) is 11.8 Å². The highest BCUT2D eigenvalue weighted by Gasteiger charge is 2.18. The number of carbonyl (C=O) groups excluding carboxylic acids is 3. The average molecular weight is 596 g/mol. The van der Waals surface area contributed by atoms with Crippen molar-refractivity contribution < 1.29 is 23.9 Å². The largest absolute Gasteiger partial charge is 0.497 e. The van der Waals surface area contributed by atoms with Crippen molar-refractivity contribution in [2.24, 2.45) is 0 Å². The van der Waals surface area contributed by atoms with Crippen molar-refractivity contribution in [3.05, 3.63) is 119 Å². The Hall–Kier alpha value is -5.02. The minimum Gasteiger partial charge on any atom is -0.497 e. The van der Waals surface area contributed by atoms with Crippen molar-refractivity contribution in [1.82, 2.24) is 5.32 Å². The van der Waals surface area contributed by atoms with Gasteiger partial charge in [0.1, 0.15) is 17.2 Å². The van der Waals surface area contributed by atoms with Crippen molar-refractivity contribution in [2.75, 3.05) is 24.9 Å². The van der Waals surface area contributed by atoms with Crippen LogP contribution in [0.3, 0.4) is 0 Å². The Balaban J connectivity index is 1.48. The van der Waals surface area contributed by atoms with Gasteiger partial charge in [-0.25, -0.2) is 0 Å². The standard InChI is InChI=1S/C34H33N3O5S/c1-22-10-13-26(14-11-22)35-32(38)23(2)43-29-18-15-27(16-19-29)36-34(40)30(37-33(39)24-8-6-5-7-9-24)20-25-12-17-28(41-3)21-31(25)42-4/h5-21,23H,1-4H3,(H,35,38)(H,36,40)(H,37,39)/b30-20-. The Kier molecular flexibility index (Phi) is 10.6. The quantitative estimate of drug-likeness (QED) is 0.134. The van der Waals surface area contributed by atoms with Crippen molar-refractivity contribution in [3.63, 3.8) is 0 Å². The zero-order valence-electron chi connectivity index (χ0n) is 24.3. The number of aryl methyl sites for hydroxylation is 1. The average Bonchev–Trinajstić information content (AvgIpc) is 3.03. The number of carbonyl (C=O) groups is 3. The number of hydrogen-bond acceptors (Lipinski definition) is 6. The van der Waals surface area contributed by atoms with E-state index in [-0.39, 0.29) is 16.9 Å². The summed E-state index contributed by atoms with van der Waals surface area (Å²) in [5, 5.41) is 8.16. The lowest BCUT2D eigenvalue weighted by Crippen LogP contribution is -2.30. The van der Waals surface area contributed by atoms with Crippen LogP contribution in [0.5, 0.6) is 11.5 Å². The molecule has 43 heavy (non-hydrogen) atoms. The summed E-state index contributed by atoms with van der Waals surface area (Å²) in [7, 11) is 3.06. The predicted molar refractivity (Wildman–Crippen MR) is 172 cm³/mol. The van der Waals surface area contributed by atoms with Crippen LogP contribution in [0.2, 0.25) is 0 Å². The van der Waals surface area contributed by atoms with Crippen LogP contribution in [-0.4, -0.2) is 37.2 Å². The summed E-state index contributed by atoms with van der Waals surface area (Å²) in [6, 6.07) is 28.6. The molecule has 3 N–H and O–H groups in total. The molecule has 0 saturated heterocycles. The van der Waals surface area contributed by atoms with Crippen molar-refractivity contribution in [2.45, 2.75) is 24.0 Å². The van der Waals surface area contributed by atoms with Crippen LogP contribution >= 0.6 is 11.8 Å². The van der Waals surface area contributed by atoms with E-state index in [1.165, 1.54) is 18.9 Å². The molecule has 4 aromatic carbocycles. The number of nitrogens with one attached hydrogen (secondary N) is 3. The molecule has 0 spiro atoms. The van der Waals surface area contributed by atoms with E-state index in [0.29, 0.717) is 28.3 Å². The molecule has 0 bridgehead atoms. The third-order valence-corrected chi connectivity index (χ3v) is 7.49. The van der Waals surface area contributed by atoms with Gasteiger partial charge in [-0.05, 0) is 80.6 Å². The fourth-order valence-corrected chi connectivity index (χ4v) is 4.86. The normalized spacial score (nSPS) is 11.7. The van der Waals surface area contributed by atoms with E-state index in [1.807, 2.05) is 56.3 Å². The molecular weight excluding hydrogens is 562 g/mol. The predicted octanol–water partition coefficient (Wildman–Crippen LogP) is 6.54. The summed E-state index contributed by atoms with van der Waals surface area (Å²) in [4.78, 5) is 39.9. The van der Waals surface area contributed by atoms with Gasteiger partial charge in [-0.2, -0.15) is 0 Å². The molecule has 220 valence electrons. The molecule has 0 aliphatic rings. The van der Waals surface area contributed by atoms with Crippen LogP contribution in [0.15, 0.2) is 108 Å². The SMILES string of the molecule is COc1ccc(/C=C(\NC(=O)c2ccccc2)C(=O)Nc2ccc(SC(C)C(=O)Nc3ccc(C)cc3)cc2)c(OC)c1. The Morgan fingerprint density at radius 3 is 2.09 bits per heavy atom. The Morgan fingerprint density at radius 1 is 0.791 bits per heavy atom. The van der Waals surface area contributed by atoms with Crippen LogP contribution in [0.25, 0.3) is 6.08 Å². The first kappa shape index (κ1) is 30.9. The van der Waals surface area contributed by atoms with E-state index in [1.54, 1.807) is 67.8 Å². The Morgan fingerprint density at radius 2 is 1.44 bits per heavy atom. The third-order valence-electron chi connectivity index (χ3n) is 6.38. The van der Waals surface area contributed by atoms with Gasteiger partial charge in [0.15, 0.2) is 0 Å². The number of rotatable bonds is 11. The lowest BCUT2D eigenvalue weighted by atomic mass is 10.1. The minimum absolute atomic E-state index is 0.0252. The lowest BCUT2D eigenvalue weighted by molar-refractivity contribution is -0.115. The number of amides is 3. The van der Waals surface area contributed by atoms with Gasteiger partial charge in [-0.15, -0.1) is 11.8 Å². The molecule has 0 aromatic heterocycles. The molecule has 1 unspecified atom stereocenters. The van der Waals surface area contributed by atoms with Crippen LogP contribution in [0, 0.1) is 6.92 Å². The second kappa shape index (κ2) is 14.7. The van der Waals surface area contributed by atoms with E-state index in [9.17, 15) is 14.4 Å². The Bertz CT molecular complexity index is 1600. The topological polar surface area (TPSA) is 106 Å². The molecular formula is C34H33N3O5S. The van der Waals surface area contributed by atoms with Crippen molar-refractivity contribution in [3.8, 4) is 11.5 Å². The van der Waals surface area contributed by atoms with Crippen LogP contribution in [-0.2, 0) is 9.59 Å². The first-order valence-corrected chi connectivity index (χ1v) is 14.4. The maximum absolute atomic E-state index is 13.4. The highest BCUT2D eigenvalue weighted by Crippen LogP contribution is 2.28. The highest BCUT2D eigenvalue weighted by atomic mass is 32.2. The maximum atomic E-state index is 13.4. The smallest absolute Gasteiger partial charge is 0.272 e.